The molecule has 0 bridgehead atoms. The predicted molar refractivity (Wildman–Crippen MR) is 86.1 cm³/mol. The van der Waals surface area contributed by atoms with Gasteiger partial charge in [-0.3, -0.25) is 9.78 Å². The van der Waals surface area contributed by atoms with Gasteiger partial charge in [0.2, 0.25) is 0 Å². The molecule has 114 valence electrons. The number of hydrogen-bond acceptors (Lipinski definition) is 5. The van der Waals surface area contributed by atoms with E-state index in [0.29, 0.717) is 5.71 Å². The highest BCUT2D eigenvalue weighted by atomic mass is 16.5. The van der Waals surface area contributed by atoms with Crippen LogP contribution in [-0.4, -0.2) is 30.3 Å². The molecule has 0 aliphatic rings. The molecule has 1 heterocycles. The molecule has 6 heteroatoms. The van der Waals surface area contributed by atoms with Crippen molar-refractivity contribution in [1.29, 1.82) is 0 Å². The van der Waals surface area contributed by atoms with E-state index >= 15 is 0 Å². The van der Waals surface area contributed by atoms with Gasteiger partial charge < -0.3 is 10.1 Å². The van der Waals surface area contributed by atoms with Crippen molar-refractivity contribution in [3.63, 3.8) is 0 Å². The minimum absolute atomic E-state index is 0.122. The van der Waals surface area contributed by atoms with E-state index in [1.165, 1.54) is 0 Å². The zero-order chi connectivity index (χ0) is 15.8. The van der Waals surface area contributed by atoms with Crippen LogP contribution in [0.4, 0.5) is 5.69 Å². The van der Waals surface area contributed by atoms with E-state index in [-0.39, 0.29) is 12.5 Å². The molecule has 0 radical (unpaired) electrons. The molecule has 2 aromatic rings. The van der Waals surface area contributed by atoms with Gasteiger partial charge in [-0.1, -0.05) is 12.1 Å². The molecule has 0 fully saturated rings. The summed E-state index contributed by atoms with van der Waals surface area (Å²) < 4.78 is 5.12. The predicted octanol–water partition coefficient (Wildman–Crippen LogP) is 2.04. The van der Waals surface area contributed by atoms with E-state index in [4.69, 9.17) is 4.74 Å². The summed E-state index contributed by atoms with van der Waals surface area (Å²) >= 11 is 0. The standard InChI is InChI=1S/C16H18N4O2/c1-12(13-5-4-8-17-10-13)19-20-16(21)11-18-14-6-3-7-15(9-14)22-2/h3-10,18H,11H2,1-2H3,(H,20,21)/b19-12-. The molecule has 22 heavy (non-hydrogen) atoms. The van der Waals surface area contributed by atoms with E-state index < -0.39 is 0 Å². The van der Waals surface area contributed by atoms with Crippen molar-refractivity contribution in [3.8, 4) is 5.75 Å². The first-order valence-corrected chi connectivity index (χ1v) is 6.80. The summed E-state index contributed by atoms with van der Waals surface area (Å²) in [4.78, 5) is 15.8. The lowest BCUT2D eigenvalue weighted by atomic mass is 10.2. The van der Waals surface area contributed by atoms with Gasteiger partial charge in [-0.15, -0.1) is 0 Å². The number of nitrogens with one attached hydrogen (secondary N) is 2. The zero-order valence-electron chi connectivity index (χ0n) is 12.5. The second kappa shape index (κ2) is 7.78. The topological polar surface area (TPSA) is 75.6 Å². The second-order valence-electron chi connectivity index (χ2n) is 4.56. The Morgan fingerprint density at radius 2 is 2.18 bits per heavy atom. The third-order valence-electron chi connectivity index (χ3n) is 2.95. The smallest absolute Gasteiger partial charge is 0.259 e. The number of carbonyl (C=O) groups is 1. The van der Waals surface area contributed by atoms with Crippen molar-refractivity contribution in [2.75, 3.05) is 19.0 Å². The molecule has 0 spiro atoms. The van der Waals surface area contributed by atoms with Crippen LogP contribution in [0.5, 0.6) is 5.75 Å². The molecule has 0 saturated carbocycles. The molecule has 1 aromatic heterocycles. The first-order valence-electron chi connectivity index (χ1n) is 6.80. The monoisotopic (exact) mass is 298 g/mol. The van der Waals surface area contributed by atoms with Gasteiger partial charge in [-0.2, -0.15) is 5.10 Å². The number of anilines is 1. The lowest BCUT2D eigenvalue weighted by molar-refractivity contribution is -0.119. The number of rotatable bonds is 6. The number of methoxy groups -OCH3 is 1. The van der Waals surface area contributed by atoms with Gasteiger partial charge in [0.05, 0.1) is 19.4 Å². The molecule has 0 aliphatic carbocycles. The Kier molecular flexibility index (Phi) is 5.48. The zero-order valence-corrected chi connectivity index (χ0v) is 12.5. The van der Waals surface area contributed by atoms with Crippen LogP contribution in [0.15, 0.2) is 53.9 Å². The van der Waals surface area contributed by atoms with Crippen LogP contribution in [0.25, 0.3) is 0 Å². The Bertz CT molecular complexity index is 656. The summed E-state index contributed by atoms with van der Waals surface area (Å²) in [5, 5.41) is 7.06. The number of benzene rings is 1. The van der Waals surface area contributed by atoms with Crippen LogP contribution in [0.1, 0.15) is 12.5 Å². The number of ether oxygens (including phenoxy) is 1. The molecule has 6 nitrogen and oxygen atoms in total. The van der Waals surface area contributed by atoms with Gasteiger partial charge >= 0.3 is 0 Å². The van der Waals surface area contributed by atoms with Crippen molar-refractivity contribution in [2.24, 2.45) is 5.10 Å². The second-order valence-corrected chi connectivity index (χ2v) is 4.56. The van der Waals surface area contributed by atoms with Crippen LogP contribution in [0.3, 0.4) is 0 Å². The Labute approximate surface area is 129 Å². The molecule has 0 unspecified atom stereocenters. The average molecular weight is 298 g/mol. The minimum Gasteiger partial charge on any atom is -0.497 e. The molecular weight excluding hydrogens is 280 g/mol. The largest absolute Gasteiger partial charge is 0.497 e. The summed E-state index contributed by atoms with van der Waals surface area (Å²) in [6, 6.07) is 11.1. The van der Waals surface area contributed by atoms with Gasteiger partial charge in [-0.05, 0) is 25.1 Å². The first-order chi connectivity index (χ1) is 10.7. The normalized spacial score (nSPS) is 10.9. The highest BCUT2D eigenvalue weighted by molar-refractivity contribution is 5.99. The maximum absolute atomic E-state index is 11.8. The van der Waals surface area contributed by atoms with Crippen LogP contribution >= 0.6 is 0 Å². The van der Waals surface area contributed by atoms with E-state index in [1.54, 1.807) is 19.5 Å². The number of amides is 1. The summed E-state index contributed by atoms with van der Waals surface area (Å²) in [6.07, 6.45) is 3.38. The van der Waals surface area contributed by atoms with Crippen LogP contribution < -0.4 is 15.5 Å². The third-order valence-corrected chi connectivity index (χ3v) is 2.95. The van der Waals surface area contributed by atoms with E-state index in [2.05, 4.69) is 20.8 Å². The number of hydrazone groups is 1. The quantitative estimate of drug-likeness (QED) is 0.632. The first kappa shape index (κ1) is 15.5. The van der Waals surface area contributed by atoms with Gasteiger partial charge in [-0.25, -0.2) is 5.43 Å². The van der Waals surface area contributed by atoms with Gasteiger partial charge in [0.15, 0.2) is 0 Å². The maximum Gasteiger partial charge on any atom is 0.259 e. The van der Waals surface area contributed by atoms with Crippen molar-refractivity contribution in [3.05, 3.63) is 54.4 Å². The Balaban J connectivity index is 1.85. The summed E-state index contributed by atoms with van der Waals surface area (Å²) in [5.41, 5.74) is 4.88. The SMILES string of the molecule is COc1cccc(NCC(=O)N/N=C(/C)c2cccnc2)c1. The Morgan fingerprint density at radius 1 is 1.32 bits per heavy atom. The van der Waals surface area contributed by atoms with Crippen molar-refractivity contribution in [2.45, 2.75) is 6.92 Å². The Hall–Kier alpha value is -2.89. The number of hydrogen-bond donors (Lipinski definition) is 2. The number of nitrogens with zero attached hydrogens (tertiary/aromatic N) is 2. The van der Waals surface area contributed by atoms with Crippen LogP contribution in [-0.2, 0) is 4.79 Å². The van der Waals surface area contributed by atoms with Crippen LogP contribution in [0.2, 0.25) is 0 Å². The number of aromatic nitrogens is 1. The molecule has 0 saturated heterocycles. The summed E-state index contributed by atoms with van der Waals surface area (Å²) in [6.45, 7) is 1.93. The third kappa shape index (κ3) is 4.59. The van der Waals surface area contributed by atoms with Crippen molar-refractivity contribution < 1.29 is 9.53 Å². The molecule has 1 amide bonds. The molecule has 0 aliphatic heterocycles. The van der Waals surface area contributed by atoms with Crippen molar-refractivity contribution >= 4 is 17.3 Å². The van der Waals surface area contributed by atoms with Crippen LogP contribution in [0, 0.1) is 0 Å². The number of pyridine rings is 1. The molecule has 2 rings (SSSR count). The highest BCUT2D eigenvalue weighted by Gasteiger charge is 2.02. The highest BCUT2D eigenvalue weighted by Crippen LogP contribution is 2.16. The summed E-state index contributed by atoms with van der Waals surface area (Å²) in [5.74, 6) is 0.502. The minimum atomic E-state index is -0.230. The molecular formula is C16H18N4O2. The fourth-order valence-corrected chi connectivity index (χ4v) is 1.74. The van der Waals surface area contributed by atoms with Gasteiger partial charge in [0.1, 0.15) is 5.75 Å². The average Bonchev–Trinajstić information content (AvgIpc) is 2.58. The van der Waals surface area contributed by atoms with Crippen molar-refractivity contribution in [1.82, 2.24) is 10.4 Å². The fourth-order valence-electron chi connectivity index (χ4n) is 1.74. The summed E-state index contributed by atoms with van der Waals surface area (Å²) in [7, 11) is 1.60. The lowest BCUT2D eigenvalue weighted by Crippen LogP contribution is -2.26. The van der Waals surface area contributed by atoms with Gasteiger partial charge in [0.25, 0.3) is 5.91 Å². The van der Waals surface area contributed by atoms with E-state index in [0.717, 1.165) is 17.0 Å². The van der Waals surface area contributed by atoms with Gasteiger partial charge in [0, 0.05) is 29.7 Å². The van der Waals surface area contributed by atoms with E-state index in [1.807, 2.05) is 43.3 Å². The number of carbonyl (C=O) groups excluding carboxylic acids is 1. The molecule has 2 N–H and O–H groups in total. The Morgan fingerprint density at radius 3 is 2.91 bits per heavy atom. The maximum atomic E-state index is 11.8. The lowest BCUT2D eigenvalue weighted by Gasteiger charge is -2.07. The van der Waals surface area contributed by atoms with E-state index in [9.17, 15) is 4.79 Å². The fraction of sp³-hybridized carbons (Fsp3) is 0.188. The molecule has 1 aromatic carbocycles. The molecule has 0 atom stereocenters.